The Morgan fingerprint density at radius 2 is 1.88 bits per heavy atom. The summed E-state index contributed by atoms with van der Waals surface area (Å²) in [4.78, 5) is 27.0. The first-order valence-corrected chi connectivity index (χ1v) is 8.89. The van der Waals surface area contributed by atoms with Gasteiger partial charge in [0.15, 0.2) is 4.32 Å². The van der Waals surface area contributed by atoms with Crippen molar-refractivity contribution in [3.63, 3.8) is 0 Å². The molecule has 0 aliphatic carbocycles. The van der Waals surface area contributed by atoms with Crippen molar-refractivity contribution >= 4 is 57.3 Å². The van der Waals surface area contributed by atoms with E-state index in [9.17, 15) is 14.9 Å². The van der Waals surface area contributed by atoms with Crippen molar-refractivity contribution in [2.75, 3.05) is 23.9 Å². The molecule has 1 aliphatic rings. The maximum atomic E-state index is 12.7. The number of thioether (sulfide) groups is 1. The van der Waals surface area contributed by atoms with Gasteiger partial charge in [-0.2, -0.15) is 0 Å². The third-order valence-electron chi connectivity index (χ3n) is 3.80. The van der Waals surface area contributed by atoms with E-state index in [0.29, 0.717) is 14.9 Å². The van der Waals surface area contributed by atoms with E-state index in [4.69, 9.17) is 12.2 Å². The summed E-state index contributed by atoms with van der Waals surface area (Å²) < 4.78 is 0.353. The standard InChI is InChI=1S/C18H15N3O3S2/c1-19(2)13-8-6-12(7-9-13)10-16-17(22)20(18(25)26-16)14-4-3-5-15(11-14)21(23)24/h3-11H,1-2H3/b16-10-. The monoisotopic (exact) mass is 385 g/mol. The predicted molar refractivity (Wildman–Crippen MR) is 110 cm³/mol. The number of benzene rings is 2. The molecule has 0 bridgehead atoms. The van der Waals surface area contributed by atoms with Gasteiger partial charge in [0.05, 0.1) is 15.5 Å². The summed E-state index contributed by atoms with van der Waals surface area (Å²) in [5.74, 6) is -0.280. The van der Waals surface area contributed by atoms with Gasteiger partial charge >= 0.3 is 0 Å². The summed E-state index contributed by atoms with van der Waals surface area (Å²) in [5.41, 5.74) is 2.26. The molecule has 3 rings (SSSR count). The minimum Gasteiger partial charge on any atom is -0.378 e. The third kappa shape index (κ3) is 3.61. The van der Waals surface area contributed by atoms with E-state index in [0.717, 1.165) is 11.3 Å². The number of nitro benzene ring substituents is 1. The first-order chi connectivity index (χ1) is 12.4. The van der Waals surface area contributed by atoms with E-state index in [1.165, 1.54) is 34.9 Å². The van der Waals surface area contributed by atoms with Crippen molar-refractivity contribution in [1.82, 2.24) is 0 Å². The number of amides is 1. The molecule has 0 atom stereocenters. The Hall–Kier alpha value is -2.71. The number of nitrogens with zero attached hydrogens (tertiary/aromatic N) is 3. The van der Waals surface area contributed by atoms with Gasteiger partial charge in [0.1, 0.15) is 0 Å². The number of carbonyl (C=O) groups is 1. The molecule has 0 unspecified atom stereocenters. The Morgan fingerprint density at radius 3 is 2.50 bits per heavy atom. The molecule has 1 saturated heterocycles. The molecule has 0 N–H and O–H groups in total. The van der Waals surface area contributed by atoms with Crippen molar-refractivity contribution in [2.45, 2.75) is 0 Å². The fraction of sp³-hybridized carbons (Fsp3) is 0.111. The lowest BCUT2D eigenvalue weighted by Crippen LogP contribution is -2.27. The summed E-state index contributed by atoms with van der Waals surface area (Å²) in [5, 5.41) is 11.0. The molecule has 1 aliphatic heterocycles. The van der Waals surface area contributed by atoms with Crippen LogP contribution in [0.5, 0.6) is 0 Å². The van der Waals surface area contributed by atoms with Gasteiger partial charge in [-0.05, 0) is 29.8 Å². The van der Waals surface area contributed by atoms with Gasteiger partial charge < -0.3 is 4.90 Å². The summed E-state index contributed by atoms with van der Waals surface area (Å²) in [7, 11) is 3.92. The molecule has 2 aromatic rings. The number of carbonyl (C=O) groups excluding carboxylic acids is 1. The molecule has 2 aromatic carbocycles. The molecule has 132 valence electrons. The minimum absolute atomic E-state index is 0.0835. The first kappa shape index (κ1) is 18.1. The molecule has 1 heterocycles. The molecule has 6 nitrogen and oxygen atoms in total. The quantitative estimate of drug-likeness (QED) is 0.342. The molecular formula is C18H15N3O3S2. The van der Waals surface area contributed by atoms with Crippen LogP contribution in [0.1, 0.15) is 5.56 Å². The molecule has 0 saturated carbocycles. The van der Waals surface area contributed by atoms with Gasteiger partial charge in [0, 0.05) is 31.9 Å². The first-order valence-electron chi connectivity index (χ1n) is 7.66. The SMILES string of the molecule is CN(C)c1ccc(/C=C2\SC(=S)N(c3cccc([N+](=O)[O-])c3)C2=O)cc1. The average molecular weight is 385 g/mol. The van der Waals surface area contributed by atoms with E-state index in [1.807, 2.05) is 43.3 Å². The van der Waals surface area contributed by atoms with Gasteiger partial charge in [-0.1, -0.05) is 42.2 Å². The highest BCUT2D eigenvalue weighted by atomic mass is 32.2. The summed E-state index contributed by atoms with van der Waals surface area (Å²) in [6.45, 7) is 0. The Morgan fingerprint density at radius 1 is 1.19 bits per heavy atom. The molecule has 0 radical (unpaired) electrons. The van der Waals surface area contributed by atoms with Crippen LogP contribution in [0.4, 0.5) is 17.1 Å². The second-order valence-electron chi connectivity index (χ2n) is 5.78. The highest BCUT2D eigenvalue weighted by Gasteiger charge is 2.33. The van der Waals surface area contributed by atoms with Crippen molar-refractivity contribution in [3.05, 3.63) is 69.1 Å². The fourth-order valence-electron chi connectivity index (χ4n) is 2.46. The molecule has 0 aromatic heterocycles. The van der Waals surface area contributed by atoms with Gasteiger partial charge in [-0.15, -0.1) is 0 Å². The number of hydrogen-bond donors (Lipinski definition) is 0. The largest absolute Gasteiger partial charge is 0.378 e. The summed E-state index contributed by atoms with van der Waals surface area (Å²) in [6, 6.07) is 13.7. The van der Waals surface area contributed by atoms with Crippen LogP contribution in [-0.2, 0) is 4.79 Å². The van der Waals surface area contributed by atoms with Gasteiger partial charge in [0.2, 0.25) is 0 Å². The van der Waals surface area contributed by atoms with Crippen LogP contribution in [-0.4, -0.2) is 29.2 Å². The van der Waals surface area contributed by atoms with Gasteiger partial charge in [0.25, 0.3) is 11.6 Å². The summed E-state index contributed by atoms with van der Waals surface area (Å²) >= 11 is 6.49. The lowest BCUT2D eigenvalue weighted by Gasteiger charge is -2.14. The molecule has 1 fully saturated rings. The van der Waals surface area contributed by atoms with Crippen molar-refractivity contribution in [3.8, 4) is 0 Å². The normalized spacial score (nSPS) is 15.6. The van der Waals surface area contributed by atoms with Crippen LogP contribution < -0.4 is 9.80 Å². The molecular weight excluding hydrogens is 370 g/mol. The number of non-ortho nitro benzene ring substituents is 1. The minimum atomic E-state index is -0.497. The van der Waals surface area contributed by atoms with Crippen LogP contribution >= 0.6 is 24.0 Å². The van der Waals surface area contributed by atoms with E-state index < -0.39 is 4.92 Å². The fourth-order valence-corrected chi connectivity index (χ4v) is 3.76. The number of thiocarbonyl (C=S) groups is 1. The average Bonchev–Trinajstić information content (AvgIpc) is 2.89. The zero-order valence-electron chi connectivity index (χ0n) is 14.1. The number of anilines is 2. The van der Waals surface area contributed by atoms with Gasteiger partial charge in [-0.25, -0.2) is 0 Å². The lowest BCUT2D eigenvalue weighted by molar-refractivity contribution is -0.384. The van der Waals surface area contributed by atoms with Crippen LogP contribution in [0.2, 0.25) is 0 Å². The van der Waals surface area contributed by atoms with E-state index in [2.05, 4.69) is 0 Å². The van der Waals surface area contributed by atoms with Crippen molar-refractivity contribution in [1.29, 1.82) is 0 Å². The molecule has 8 heteroatoms. The molecule has 26 heavy (non-hydrogen) atoms. The Balaban J connectivity index is 1.89. The maximum Gasteiger partial charge on any atom is 0.271 e. The number of nitro groups is 1. The van der Waals surface area contributed by atoms with Crippen LogP contribution in [0, 0.1) is 10.1 Å². The molecule has 1 amide bonds. The predicted octanol–water partition coefficient (Wildman–Crippen LogP) is 4.07. The van der Waals surface area contributed by atoms with E-state index in [-0.39, 0.29) is 11.6 Å². The van der Waals surface area contributed by atoms with Crippen LogP contribution in [0.25, 0.3) is 6.08 Å². The third-order valence-corrected chi connectivity index (χ3v) is 5.10. The zero-order chi connectivity index (χ0) is 18.8. The highest BCUT2D eigenvalue weighted by Crippen LogP contribution is 2.37. The zero-order valence-corrected chi connectivity index (χ0v) is 15.7. The smallest absolute Gasteiger partial charge is 0.271 e. The Kier molecular flexibility index (Phi) is 5.06. The van der Waals surface area contributed by atoms with Gasteiger partial charge in [-0.3, -0.25) is 19.8 Å². The van der Waals surface area contributed by atoms with E-state index in [1.54, 1.807) is 12.1 Å². The van der Waals surface area contributed by atoms with Crippen molar-refractivity contribution in [2.24, 2.45) is 0 Å². The number of hydrogen-bond acceptors (Lipinski definition) is 6. The summed E-state index contributed by atoms with van der Waals surface area (Å²) in [6.07, 6.45) is 1.77. The molecule has 0 spiro atoms. The van der Waals surface area contributed by atoms with Crippen LogP contribution in [0.3, 0.4) is 0 Å². The highest BCUT2D eigenvalue weighted by molar-refractivity contribution is 8.27. The van der Waals surface area contributed by atoms with E-state index >= 15 is 0 Å². The number of rotatable bonds is 4. The van der Waals surface area contributed by atoms with Crippen molar-refractivity contribution < 1.29 is 9.72 Å². The lowest BCUT2D eigenvalue weighted by atomic mass is 10.2. The second-order valence-corrected chi connectivity index (χ2v) is 7.46. The maximum absolute atomic E-state index is 12.7. The Labute approximate surface area is 160 Å². The Bertz CT molecular complexity index is 924. The second kappa shape index (κ2) is 7.27. The van der Waals surface area contributed by atoms with Crippen LogP contribution in [0.15, 0.2) is 53.4 Å². The topological polar surface area (TPSA) is 66.7 Å².